The van der Waals surface area contributed by atoms with Crippen LogP contribution >= 0.6 is 0 Å². The van der Waals surface area contributed by atoms with Gasteiger partial charge in [-0.15, -0.1) is 10.2 Å². The van der Waals surface area contributed by atoms with Crippen molar-refractivity contribution in [2.75, 3.05) is 7.11 Å². The van der Waals surface area contributed by atoms with Crippen LogP contribution in [0.4, 0.5) is 0 Å². The molecule has 0 atom stereocenters. The molecule has 0 N–H and O–H groups in total. The summed E-state index contributed by atoms with van der Waals surface area (Å²) in [6, 6.07) is 8.68. The topological polar surface area (TPSA) is 52.8 Å². The highest BCUT2D eigenvalue weighted by Crippen LogP contribution is 2.31. The van der Waals surface area contributed by atoms with E-state index in [0.717, 1.165) is 29.8 Å². The molecule has 2 aromatic heterocycles. The van der Waals surface area contributed by atoms with Gasteiger partial charge in [0.25, 0.3) is 0 Å². The summed E-state index contributed by atoms with van der Waals surface area (Å²) in [4.78, 5) is 4.41. The van der Waals surface area contributed by atoms with E-state index in [9.17, 15) is 0 Å². The Labute approximate surface area is 141 Å². The number of hydrogen-bond donors (Lipinski definition) is 0. The third kappa shape index (κ3) is 2.41. The van der Waals surface area contributed by atoms with Crippen LogP contribution in [0.3, 0.4) is 0 Å². The summed E-state index contributed by atoms with van der Waals surface area (Å²) in [5.41, 5.74) is 5.49. The van der Waals surface area contributed by atoms with E-state index >= 15 is 0 Å². The van der Waals surface area contributed by atoms with Gasteiger partial charge in [0.15, 0.2) is 0 Å². The number of ether oxygens (including phenoxy) is 1. The summed E-state index contributed by atoms with van der Waals surface area (Å²) < 4.78 is 7.65. The third-order valence-electron chi connectivity index (χ3n) is 4.85. The first kappa shape index (κ1) is 15.0. The van der Waals surface area contributed by atoms with Crippen molar-refractivity contribution in [2.24, 2.45) is 0 Å². The lowest BCUT2D eigenvalue weighted by molar-refractivity contribution is 0.0190. The fourth-order valence-electron chi connectivity index (χ4n) is 3.12. The molecule has 0 bridgehead atoms. The first-order chi connectivity index (χ1) is 11.6. The van der Waals surface area contributed by atoms with Crippen LogP contribution < -0.4 is 0 Å². The van der Waals surface area contributed by atoms with Gasteiger partial charge in [-0.3, -0.25) is 9.55 Å². The van der Waals surface area contributed by atoms with Crippen LogP contribution in [0.5, 0.6) is 0 Å². The first-order valence-electron chi connectivity index (χ1n) is 8.12. The average Bonchev–Trinajstić information content (AvgIpc) is 3.10. The molecule has 3 heterocycles. The lowest BCUT2D eigenvalue weighted by atomic mass is 9.94. The van der Waals surface area contributed by atoms with E-state index in [1.54, 1.807) is 13.4 Å². The molecule has 0 saturated carbocycles. The SMILES string of the molecule is COC(C)(C)c1cncc(-c2ccc3c(c2)CCc2nncn2-3)c1. The average molecular weight is 320 g/mol. The third-order valence-corrected chi connectivity index (χ3v) is 4.85. The molecule has 5 heteroatoms. The van der Waals surface area contributed by atoms with Crippen molar-refractivity contribution >= 4 is 0 Å². The summed E-state index contributed by atoms with van der Waals surface area (Å²) in [5, 5.41) is 8.19. The molecule has 0 radical (unpaired) electrons. The minimum absolute atomic E-state index is 0.353. The fraction of sp³-hybridized carbons (Fsp3) is 0.316. The summed E-state index contributed by atoms with van der Waals surface area (Å²) >= 11 is 0. The molecule has 1 aromatic carbocycles. The maximum Gasteiger partial charge on any atom is 0.137 e. The van der Waals surface area contributed by atoms with Crippen molar-refractivity contribution in [3.05, 3.63) is 59.9 Å². The smallest absolute Gasteiger partial charge is 0.137 e. The van der Waals surface area contributed by atoms with Crippen molar-refractivity contribution in [1.82, 2.24) is 19.7 Å². The van der Waals surface area contributed by atoms with Gasteiger partial charge >= 0.3 is 0 Å². The van der Waals surface area contributed by atoms with Crippen LogP contribution in [-0.2, 0) is 23.2 Å². The molecule has 0 amide bonds. The highest BCUT2D eigenvalue weighted by molar-refractivity contribution is 5.67. The van der Waals surface area contributed by atoms with Crippen LogP contribution in [0.25, 0.3) is 16.8 Å². The number of aromatic nitrogens is 4. The highest BCUT2D eigenvalue weighted by atomic mass is 16.5. The minimum atomic E-state index is -0.353. The fourth-order valence-corrected chi connectivity index (χ4v) is 3.12. The summed E-state index contributed by atoms with van der Waals surface area (Å²) in [6.07, 6.45) is 7.47. The van der Waals surface area contributed by atoms with Gasteiger partial charge in [0, 0.05) is 37.1 Å². The summed E-state index contributed by atoms with van der Waals surface area (Å²) in [7, 11) is 1.72. The van der Waals surface area contributed by atoms with Crippen LogP contribution in [0, 0.1) is 0 Å². The molecule has 1 aliphatic heterocycles. The predicted molar refractivity (Wildman–Crippen MR) is 92.0 cm³/mol. The van der Waals surface area contributed by atoms with Crippen molar-refractivity contribution in [3.63, 3.8) is 0 Å². The second-order valence-electron chi connectivity index (χ2n) is 6.64. The first-order valence-corrected chi connectivity index (χ1v) is 8.12. The van der Waals surface area contributed by atoms with E-state index in [4.69, 9.17) is 4.74 Å². The van der Waals surface area contributed by atoms with E-state index < -0.39 is 0 Å². The number of methoxy groups -OCH3 is 1. The number of benzene rings is 1. The number of rotatable bonds is 3. The van der Waals surface area contributed by atoms with Crippen molar-refractivity contribution in [3.8, 4) is 16.8 Å². The predicted octanol–water partition coefficient (Wildman–Crippen LogP) is 3.31. The molecule has 24 heavy (non-hydrogen) atoms. The lowest BCUT2D eigenvalue weighted by Gasteiger charge is -2.23. The Hall–Kier alpha value is -2.53. The second kappa shape index (κ2) is 5.53. The Morgan fingerprint density at radius 2 is 1.96 bits per heavy atom. The number of pyridine rings is 1. The molecule has 0 aliphatic carbocycles. The largest absolute Gasteiger partial charge is 0.374 e. The molecule has 1 aliphatic rings. The monoisotopic (exact) mass is 320 g/mol. The Morgan fingerprint density at radius 3 is 2.79 bits per heavy atom. The lowest BCUT2D eigenvalue weighted by Crippen LogP contribution is -2.19. The van der Waals surface area contributed by atoms with E-state index in [0.29, 0.717) is 0 Å². The standard InChI is InChI=1S/C19H20N4O/c1-19(2,24-3)16-9-15(10-20-11-16)13-4-6-17-14(8-13)5-7-18-22-21-12-23(17)18/h4,6,8-12H,5,7H2,1-3H3. The molecule has 5 nitrogen and oxygen atoms in total. The van der Waals surface area contributed by atoms with E-state index in [-0.39, 0.29) is 5.60 Å². The van der Waals surface area contributed by atoms with E-state index in [1.165, 1.54) is 16.8 Å². The Bertz CT molecular complexity index is 898. The molecular formula is C19H20N4O. The quantitative estimate of drug-likeness (QED) is 0.743. The van der Waals surface area contributed by atoms with Crippen LogP contribution in [-0.4, -0.2) is 26.9 Å². The molecule has 0 fully saturated rings. The number of nitrogens with zero attached hydrogens (tertiary/aromatic N) is 4. The molecule has 0 saturated heterocycles. The number of fused-ring (bicyclic) bond motifs is 3. The van der Waals surface area contributed by atoms with Gasteiger partial charge in [-0.05, 0) is 49.6 Å². The molecule has 0 unspecified atom stereocenters. The maximum absolute atomic E-state index is 5.58. The van der Waals surface area contributed by atoms with Gasteiger partial charge < -0.3 is 4.74 Å². The zero-order chi connectivity index (χ0) is 16.7. The van der Waals surface area contributed by atoms with Gasteiger partial charge in [0.2, 0.25) is 0 Å². The van der Waals surface area contributed by atoms with Gasteiger partial charge in [0.05, 0.1) is 11.3 Å². The number of aryl methyl sites for hydroxylation is 2. The van der Waals surface area contributed by atoms with E-state index in [2.05, 4.69) is 44.0 Å². The Kier molecular flexibility index (Phi) is 3.46. The van der Waals surface area contributed by atoms with Crippen LogP contribution in [0.1, 0.15) is 30.8 Å². The van der Waals surface area contributed by atoms with E-state index in [1.807, 2.05) is 26.2 Å². The second-order valence-corrected chi connectivity index (χ2v) is 6.64. The number of hydrogen-bond acceptors (Lipinski definition) is 4. The normalized spacial score (nSPS) is 13.5. The van der Waals surface area contributed by atoms with Gasteiger partial charge in [-0.25, -0.2) is 0 Å². The summed E-state index contributed by atoms with van der Waals surface area (Å²) in [5.74, 6) is 1.03. The Balaban J connectivity index is 1.76. The van der Waals surface area contributed by atoms with Gasteiger partial charge in [0.1, 0.15) is 12.2 Å². The maximum atomic E-state index is 5.58. The highest BCUT2D eigenvalue weighted by Gasteiger charge is 2.21. The minimum Gasteiger partial charge on any atom is -0.374 e. The molecular weight excluding hydrogens is 300 g/mol. The Morgan fingerprint density at radius 1 is 1.08 bits per heavy atom. The van der Waals surface area contributed by atoms with Crippen LogP contribution in [0.2, 0.25) is 0 Å². The molecule has 3 aromatic rings. The van der Waals surface area contributed by atoms with Crippen molar-refractivity contribution < 1.29 is 4.74 Å². The molecule has 4 rings (SSSR count). The van der Waals surface area contributed by atoms with Gasteiger partial charge in [-0.2, -0.15) is 0 Å². The zero-order valence-corrected chi connectivity index (χ0v) is 14.2. The molecule has 0 spiro atoms. The summed E-state index contributed by atoms with van der Waals surface area (Å²) in [6.45, 7) is 4.10. The van der Waals surface area contributed by atoms with Gasteiger partial charge in [-0.1, -0.05) is 6.07 Å². The van der Waals surface area contributed by atoms with Crippen LogP contribution in [0.15, 0.2) is 43.0 Å². The van der Waals surface area contributed by atoms with Crippen molar-refractivity contribution in [2.45, 2.75) is 32.3 Å². The molecule has 122 valence electrons. The van der Waals surface area contributed by atoms with Crippen molar-refractivity contribution in [1.29, 1.82) is 0 Å². The zero-order valence-electron chi connectivity index (χ0n) is 14.2.